The maximum atomic E-state index is 11.9. The maximum absolute atomic E-state index is 11.9. The van der Waals surface area contributed by atoms with E-state index in [1.165, 1.54) is 0 Å². The molecule has 0 spiro atoms. The Labute approximate surface area is 227 Å². The minimum absolute atomic E-state index is 0.00828. The van der Waals surface area contributed by atoms with E-state index >= 15 is 0 Å². The quantitative estimate of drug-likeness (QED) is 0.284. The second-order valence-corrected chi connectivity index (χ2v) is 11.3. The van der Waals surface area contributed by atoms with Gasteiger partial charge in [-0.3, -0.25) is 4.79 Å². The van der Waals surface area contributed by atoms with E-state index in [1.54, 1.807) is 0 Å². The fourth-order valence-corrected chi connectivity index (χ4v) is 5.95. The van der Waals surface area contributed by atoms with Crippen LogP contribution in [0.3, 0.4) is 0 Å². The molecule has 38 heavy (non-hydrogen) atoms. The van der Waals surface area contributed by atoms with Gasteiger partial charge in [0.25, 0.3) is 0 Å². The average molecular weight is 531 g/mol. The van der Waals surface area contributed by atoms with Gasteiger partial charge in [0.1, 0.15) is 18.5 Å². The van der Waals surface area contributed by atoms with Crippen LogP contribution in [0.15, 0.2) is 42.5 Å². The zero-order valence-corrected chi connectivity index (χ0v) is 23.0. The Hall–Kier alpha value is -1.93. The van der Waals surface area contributed by atoms with Gasteiger partial charge in [-0.25, -0.2) is 0 Å². The largest absolute Gasteiger partial charge is 0.491 e. The van der Waals surface area contributed by atoms with Crippen LogP contribution in [0.4, 0.5) is 0 Å². The van der Waals surface area contributed by atoms with Crippen molar-refractivity contribution in [2.24, 2.45) is 17.8 Å². The lowest BCUT2D eigenvalue weighted by molar-refractivity contribution is -0.193. The topological polar surface area (TPSA) is 83.5 Å². The normalized spacial score (nSPS) is 30.6. The van der Waals surface area contributed by atoms with E-state index in [2.05, 4.69) is 6.08 Å². The number of fused-ring (bicyclic) bond motifs is 1. The third kappa shape index (κ3) is 9.08. The number of hydrogen-bond donors (Lipinski definition) is 1. The van der Waals surface area contributed by atoms with Crippen molar-refractivity contribution in [2.45, 2.75) is 102 Å². The average Bonchev–Trinajstić information content (AvgIpc) is 3.10. The number of hydrogen-bond acceptors (Lipinski definition) is 7. The minimum Gasteiger partial charge on any atom is -0.491 e. The van der Waals surface area contributed by atoms with Crippen LogP contribution >= 0.6 is 0 Å². The highest BCUT2D eigenvalue weighted by Crippen LogP contribution is 2.44. The first kappa shape index (κ1) is 29.1. The molecule has 1 aromatic carbocycles. The van der Waals surface area contributed by atoms with Crippen LogP contribution in [0.5, 0.6) is 5.75 Å². The molecule has 0 aromatic heterocycles. The van der Waals surface area contributed by atoms with E-state index < -0.39 is 6.10 Å². The zero-order chi connectivity index (χ0) is 26.7. The van der Waals surface area contributed by atoms with Crippen molar-refractivity contribution in [1.29, 1.82) is 0 Å². The molecule has 1 N–H and O–H groups in total. The van der Waals surface area contributed by atoms with E-state index in [0.29, 0.717) is 18.3 Å². The molecule has 3 fully saturated rings. The van der Waals surface area contributed by atoms with Crippen LogP contribution in [0.1, 0.15) is 71.6 Å². The van der Waals surface area contributed by atoms with E-state index in [0.717, 1.165) is 70.3 Å². The smallest absolute Gasteiger partial charge is 0.306 e. The number of carbonyl (C=O) groups excluding carboxylic acids is 1. The number of carbonyl (C=O) groups is 1. The molecule has 0 amide bonds. The van der Waals surface area contributed by atoms with Crippen LogP contribution in [-0.2, 0) is 23.7 Å². The summed E-state index contributed by atoms with van der Waals surface area (Å²) in [5, 5.41) is 10.6. The van der Waals surface area contributed by atoms with Crippen molar-refractivity contribution in [3.63, 3.8) is 0 Å². The summed E-state index contributed by atoms with van der Waals surface area (Å²) in [5.41, 5.74) is 0. The first-order valence-corrected chi connectivity index (χ1v) is 14.6. The van der Waals surface area contributed by atoms with Crippen LogP contribution in [-0.4, -0.2) is 61.6 Å². The van der Waals surface area contributed by atoms with Crippen molar-refractivity contribution in [3.05, 3.63) is 42.5 Å². The van der Waals surface area contributed by atoms with E-state index in [1.807, 2.05) is 50.3 Å². The van der Waals surface area contributed by atoms with Crippen LogP contribution in [0, 0.1) is 17.8 Å². The zero-order valence-electron chi connectivity index (χ0n) is 23.0. The van der Waals surface area contributed by atoms with Crippen molar-refractivity contribution < 1.29 is 33.6 Å². The molecule has 7 heteroatoms. The molecule has 4 rings (SSSR count). The monoisotopic (exact) mass is 530 g/mol. The number of rotatable bonds is 12. The van der Waals surface area contributed by atoms with Gasteiger partial charge in [0.2, 0.25) is 0 Å². The Balaban J connectivity index is 1.33. The van der Waals surface area contributed by atoms with Crippen molar-refractivity contribution in [2.75, 3.05) is 19.8 Å². The van der Waals surface area contributed by atoms with E-state index in [9.17, 15) is 9.90 Å². The molecule has 3 aliphatic rings. The molecule has 1 saturated carbocycles. The van der Waals surface area contributed by atoms with Gasteiger partial charge in [0.15, 0.2) is 6.29 Å². The molecule has 0 bridgehead atoms. The molecule has 1 aliphatic carbocycles. The van der Waals surface area contributed by atoms with Crippen LogP contribution < -0.4 is 4.74 Å². The second-order valence-electron chi connectivity index (χ2n) is 11.3. The Morgan fingerprint density at radius 2 is 1.97 bits per heavy atom. The summed E-state index contributed by atoms with van der Waals surface area (Å²) < 4.78 is 29.9. The summed E-state index contributed by atoms with van der Waals surface area (Å²) in [6.45, 7) is 5.44. The third-order valence-corrected chi connectivity index (χ3v) is 7.86. The summed E-state index contributed by atoms with van der Waals surface area (Å²) >= 11 is 0. The van der Waals surface area contributed by atoms with Crippen molar-refractivity contribution in [3.8, 4) is 5.75 Å². The highest BCUT2D eigenvalue weighted by molar-refractivity contribution is 5.69. The molecule has 2 saturated heterocycles. The molecule has 7 nitrogen and oxygen atoms in total. The lowest BCUT2D eigenvalue weighted by atomic mass is 9.86. The molecule has 212 valence electrons. The molecule has 0 radical (unpaired) electrons. The van der Waals surface area contributed by atoms with E-state index in [-0.39, 0.29) is 43.1 Å². The van der Waals surface area contributed by atoms with Gasteiger partial charge in [-0.05, 0) is 82.8 Å². The molecular formula is C31H46O7. The van der Waals surface area contributed by atoms with Gasteiger partial charge in [-0.1, -0.05) is 30.4 Å². The van der Waals surface area contributed by atoms with Crippen LogP contribution in [0.2, 0.25) is 0 Å². The maximum Gasteiger partial charge on any atom is 0.306 e. The number of para-hydroxylation sites is 1. The van der Waals surface area contributed by atoms with Crippen molar-refractivity contribution in [1.82, 2.24) is 0 Å². The molecule has 7 atom stereocenters. The number of ether oxygens (including phenoxy) is 5. The Bertz CT molecular complexity index is 851. The minimum atomic E-state index is -0.703. The predicted octanol–water partition coefficient (Wildman–Crippen LogP) is 5.45. The number of aliphatic hydroxyl groups excluding tert-OH is 1. The standard InChI is InChI=1S/C31H46O7/c1-22(2)37-30(33)12-8-9-23-14-16-26-27(17-15-24(32)21-35-25-10-4-3-5-11-25)29(19-28(26)36-20-23)38-31-13-6-7-18-34-31/h3-5,10-11,15,17,22-24,26-29,31-32H,6-9,12-14,16,18-21H2,1-2H3/b17-15+/t23-,24?,26+,27+,28-,29+,31?/m0/s1. The Morgan fingerprint density at radius 1 is 1.13 bits per heavy atom. The summed E-state index contributed by atoms with van der Waals surface area (Å²) in [6, 6.07) is 9.55. The fourth-order valence-electron chi connectivity index (χ4n) is 5.95. The van der Waals surface area contributed by atoms with Gasteiger partial charge in [-0.15, -0.1) is 0 Å². The summed E-state index contributed by atoms with van der Waals surface area (Å²) in [5.74, 6) is 1.56. The lowest BCUT2D eigenvalue weighted by Gasteiger charge is -2.29. The van der Waals surface area contributed by atoms with Gasteiger partial charge in [0, 0.05) is 32.0 Å². The van der Waals surface area contributed by atoms with Gasteiger partial charge < -0.3 is 28.8 Å². The van der Waals surface area contributed by atoms with Crippen LogP contribution in [0.25, 0.3) is 0 Å². The molecule has 2 heterocycles. The van der Waals surface area contributed by atoms with Crippen molar-refractivity contribution >= 4 is 5.97 Å². The molecule has 1 aromatic rings. The predicted molar refractivity (Wildman–Crippen MR) is 145 cm³/mol. The number of aliphatic hydroxyl groups is 1. The number of esters is 1. The second kappa shape index (κ2) is 15.0. The Kier molecular flexibility index (Phi) is 11.5. The van der Waals surface area contributed by atoms with E-state index in [4.69, 9.17) is 23.7 Å². The Morgan fingerprint density at radius 3 is 2.74 bits per heavy atom. The highest BCUT2D eigenvalue weighted by Gasteiger charge is 2.45. The van der Waals surface area contributed by atoms with Gasteiger partial charge in [0.05, 0.1) is 18.3 Å². The molecule has 2 unspecified atom stereocenters. The summed E-state index contributed by atoms with van der Waals surface area (Å²) in [6.07, 6.45) is 11.6. The number of benzene rings is 1. The third-order valence-electron chi connectivity index (χ3n) is 7.86. The first-order valence-electron chi connectivity index (χ1n) is 14.6. The van der Waals surface area contributed by atoms with Gasteiger partial charge in [-0.2, -0.15) is 0 Å². The molecule has 2 aliphatic heterocycles. The fraction of sp³-hybridized carbons (Fsp3) is 0.710. The molecular weight excluding hydrogens is 484 g/mol. The lowest BCUT2D eigenvalue weighted by Crippen LogP contribution is -2.31. The van der Waals surface area contributed by atoms with Gasteiger partial charge >= 0.3 is 5.97 Å². The highest BCUT2D eigenvalue weighted by atomic mass is 16.7. The first-order chi connectivity index (χ1) is 18.5. The SMILES string of the molecule is CC(C)OC(=O)CCC[C@H]1CC[C@@H]2[C@@H](/C=C/C(O)COc3ccccc3)[C@H](OC3CCCCO3)C[C@@H]2OC1. The summed E-state index contributed by atoms with van der Waals surface area (Å²) in [7, 11) is 0. The summed E-state index contributed by atoms with van der Waals surface area (Å²) in [4.78, 5) is 11.9.